The fourth-order valence-corrected chi connectivity index (χ4v) is 1.79. The van der Waals surface area contributed by atoms with Crippen LogP contribution in [0.15, 0.2) is 48.8 Å². The van der Waals surface area contributed by atoms with Gasteiger partial charge in [-0.3, -0.25) is 9.78 Å². The highest BCUT2D eigenvalue weighted by Crippen LogP contribution is 2.12. The number of amides is 1. The Morgan fingerprint density at radius 1 is 1.13 bits per heavy atom. The van der Waals surface area contributed by atoms with Crippen molar-refractivity contribution in [3.05, 3.63) is 59.9 Å². The van der Waals surface area contributed by atoms with E-state index in [9.17, 15) is 9.59 Å². The van der Waals surface area contributed by atoms with Gasteiger partial charge in [0.1, 0.15) is 6.61 Å². The largest absolute Gasteiger partial charge is 0.461 e. The number of anilines is 1. The van der Waals surface area contributed by atoms with Gasteiger partial charge in [-0.2, -0.15) is 0 Å². The lowest BCUT2D eigenvalue weighted by Gasteiger charge is -2.10. The predicted molar refractivity (Wildman–Crippen MR) is 87.5 cm³/mol. The molecule has 0 unspecified atom stereocenters. The van der Waals surface area contributed by atoms with Gasteiger partial charge in [0.2, 0.25) is 0 Å². The number of nitrogens with one attached hydrogen (secondary N) is 1. The van der Waals surface area contributed by atoms with E-state index in [2.05, 4.69) is 10.3 Å². The quantitative estimate of drug-likeness (QED) is 0.827. The van der Waals surface area contributed by atoms with Crippen molar-refractivity contribution in [3.8, 4) is 0 Å². The molecule has 0 saturated heterocycles. The third-order valence-electron chi connectivity index (χ3n) is 3.07. The van der Waals surface area contributed by atoms with Gasteiger partial charge in [-0.25, -0.2) is 4.79 Å². The van der Waals surface area contributed by atoms with Crippen LogP contribution >= 0.6 is 0 Å². The summed E-state index contributed by atoms with van der Waals surface area (Å²) in [6.45, 7) is 1.01. The number of rotatable bonds is 6. The van der Waals surface area contributed by atoms with Crippen molar-refractivity contribution in [1.29, 1.82) is 0 Å². The summed E-state index contributed by atoms with van der Waals surface area (Å²) in [6, 6.07) is 9.95. The lowest BCUT2D eigenvalue weighted by Crippen LogP contribution is -2.20. The maximum Gasteiger partial charge on any atom is 0.338 e. The molecular formula is C17H19N3O3. The number of nitrogens with zero attached hydrogens (tertiary/aromatic N) is 2. The van der Waals surface area contributed by atoms with Crippen molar-refractivity contribution in [2.75, 3.05) is 32.6 Å². The van der Waals surface area contributed by atoms with Crippen LogP contribution in [-0.2, 0) is 4.74 Å². The Hall–Kier alpha value is -2.73. The number of esters is 1. The van der Waals surface area contributed by atoms with Crippen LogP contribution in [-0.4, -0.2) is 49.0 Å². The van der Waals surface area contributed by atoms with Crippen LogP contribution in [0, 0.1) is 0 Å². The molecule has 0 spiro atoms. The third-order valence-corrected chi connectivity index (χ3v) is 3.07. The van der Waals surface area contributed by atoms with E-state index in [1.165, 1.54) is 6.20 Å². The standard InChI is InChI=1S/C17H19N3O3/c1-20(2)10-11-23-17(22)13-5-7-15(8-6-13)19-16(21)14-4-3-9-18-12-14/h3-9,12H,10-11H2,1-2H3,(H,19,21). The van der Waals surface area contributed by atoms with E-state index < -0.39 is 0 Å². The van der Waals surface area contributed by atoms with Gasteiger partial charge in [0.05, 0.1) is 11.1 Å². The Kier molecular flexibility index (Phi) is 5.82. The molecule has 1 N–H and O–H groups in total. The number of pyridine rings is 1. The first-order chi connectivity index (χ1) is 11.1. The van der Waals surface area contributed by atoms with Crippen LogP contribution in [0.25, 0.3) is 0 Å². The number of carbonyl (C=O) groups is 2. The number of benzene rings is 1. The van der Waals surface area contributed by atoms with Gasteiger partial charge >= 0.3 is 5.97 Å². The molecule has 120 valence electrons. The summed E-state index contributed by atoms with van der Waals surface area (Å²) in [4.78, 5) is 29.7. The van der Waals surface area contributed by atoms with E-state index in [0.717, 1.165) is 0 Å². The highest BCUT2D eigenvalue weighted by molar-refractivity contribution is 6.04. The maximum atomic E-state index is 12.0. The van der Waals surface area contributed by atoms with E-state index in [0.29, 0.717) is 30.0 Å². The molecule has 1 heterocycles. The SMILES string of the molecule is CN(C)CCOC(=O)c1ccc(NC(=O)c2cccnc2)cc1. The maximum absolute atomic E-state index is 12.0. The average Bonchev–Trinajstić information content (AvgIpc) is 2.56. The van der Waals surface area contributed by atoms with Crippen molar-refractivity contribution in [1.82, 2.24) is 9.88 Å². The minimum Gasteiger partial charge on any atom is -0.461 e. The number of hydrogen-bond acceptors (Lipinski definition) is 5. The van der Waals surface area contributed by atoms with Gasteiger partial charge < -0.3 is 15.0 Å². The molecule has 23 heavy (non-hydrogen) atoms. The predicted octanol–water partition coefficient (Wildman–Crippen LogP) is 2.05. The Morgan fingerprint density at radius 3 is 2.48 bits per heavy atom. The second-order valence-electron chi connectivity index (χ2n) is 5.21. The Balaban J connectivity index is 1.91. The van der Waals surface area contributed by atoms with Crippen molar-refractivity contribution < 1.29 is 14.3 Å². The molecule has 0 radical (unpaired) electrons. The lowest BCUT2D eigenvalue weighted by atomic mass is 10.2. The van der Waals surface area contributed by atoms with Crippen LogP contribution in [0.3, 0.4) is 0 Å². The second kappa shape index (κ2) is 8.05. The minimum atomic E-state index is -0.378. The molecule has 0 aliphatic rings. The van der Waals surface area contributed by atoms with Crippen LogP contribution in [0.2, 0.25) is 0 Å². The number of ether oxygens (including phenoxy) is 1. The third kappa shape index (κ3) is 5.19. The summed E-state index contributed by atoms with van der Waals surface area (Å²) in [5, 5.41) is 2.74. The van der Waals surface area contributed by atoms with Crippen molar-refractivity contribution >= 4 is 17.6 Å². The molecule has 0 aliphatic heterocycles. The Bertz CT molecular complexity index is 655. The first kappa shape index (κ1) is 16.6. The number of hydrogen-bond donors (Lipinski definition) is 1. The molecule has 0 fully saturated rings. The highest BCUT2D eigenvalue weighted by Gasteiger charge is 2.09. The fraction of sp³-hybridized carbons (Fsp3) is 0.235. The summed E-state index contributed by atoms with van der Waals surface area (Å²) in [6.07, 6.45) is 3.10. The van der Waals surface area contributed by atoms with E-state index >= 15 is 0 Å². The molecule has 0 aliphatic carbocycles. The van der Waals surface area contributed by atoms with Crippen LogP contribution < -0.4 is 5.32 Å². The topological polar surface area (TPSA) is 71.5 Å². The van der Waals surface area contributed by atoms with Gasteiger partial charge in [0, 0.05) is 24.6 Å². The molecule has 6 heteroatoms. The molecule has 2 rings (SSSR count). The minimum absolute atomic E-state index is 0.251. The molecule has 0 saturated carbocycles. The van der Waals surface area contributed by atoms with E-state index in [1.807, 2.05) is 19.0 Å². The molecule has 6 nitrogen and oxygen atoms in total. The van der Waals surface area contributed by atoms with Gasteiger partial charge in [0.25, 0.3) is 5.91 Å². The zero-order valence-electron chi connectivity index (χ0n) is 13.2. The first-order valence-electron chi connectivity index (χ1n) is 7.19. The first-order valence-corrected chi connectivity index (χ1v) is 7.19. The summed E-state index contributed by atoms with van der Waals surface area (Å²) >= 11 is 0. The molecule has 0 bridgehead atoms. The van der Waals surface area contributed by atoms with Crippen LogP contribution in [0.1, 0.15) is 20.7 Å². The highest BCUT2D eigenvalue weighted by atomic mass is 16.5. The smallest absolute Gasteiger partial charge is 0.338 e. The van der Waals surface area contributed by atoms with Gasteiger partial charge in [-0.1, -0.05) is 0 Å². The van der Waals surface area contributed by atoms with E-state index in [-0.39, 0.29) is 11.9 Å². The van der Waals surface area contributed by atoms with Gasteiger partial charge in [0.15, 0.2) is 0 Å². The fourth-order valence-electron chi connectivity index (χ4n) is 1.79. The second-order valence-corrected chi connectivity index (χ2v) is 5.21. The Labute approximate surface area is 135 Å². The monoisotopic (exact) mass is 313 g/mol. The van der Waals surface area contributed by atoms with Crippen LogP contribution in [0.5, 0.6) is 0 Å². The normalized spacial score (nSPS) is 10.4. The zero-order valence-corrected chi connectivity index (χ0v) is 13.2. The summed E-state index contributed by atoms with van der Waals surface area (Å²) in [5.74, 6) is -0.628. The molecule has 2 aromatic rings. The summed E-state index contributed by atoms with van der Waals surface area (Å²) in [5.41, 5.74) is 1.52. The Morgan fingerprint density at radius 2 is 1.87 bits per heavy atom. The van der Waals surface area contributed by atoms with Crippen molar-refractivity contribution in [2.45, 2.75) is 0 Å². The number of aromatic nitrogens is 1. The number of likely N-dealkylation sites (N-methyl/N-ethyl adjacent to an activating group) is 1. The van der Waals surface area contributed by atoms with E-state index in [4.69, 9.17) is 4.74 Å². The molecule has 1 aromatic heterocycles. The lowest BCUT2D eigenvalue weighted by molar-refractivity contribution is 0.0482. The van der Waals surface area contributed by atoms with Gasteiger partial charge in [-0.05, 0) is 50.5 Å². The summed E-state index contributed by atoms with van der Waals surface area (Å²) in [7, 11) is 3.82. The average molecular weight is 313 g/mol. The molecular weight excluding hydrogens is 294 g/mol. The molecule has 0 atom stereocenters. The van der Waals surface area contributed by atoms with Gasteiger partial charge in [-0.15, -0.1) is 0 Å². The van der Waals surface area contributed by atoms with Crippen molar-refractivity contribution in [3.63, 3.8) is 0 Å². The van der Waals surface area contributed by atoms with Crippen LogP contribution in [0.4, 0.5) is 5.69 Å². The molecule has 1 amide bonds. The summed E-state index contributed by atoms with van der Waals surface area (Å²) < 4.78 is 5.15. The van der Waals surface area contributed by atoms with Crippen molar-refractivity contribution in [2.24, 2.45) is 0 Å². The number of carbonyl (C=O) groups excluding carboxylic acids is 2. The van der Waals surface area contributed by atoms with E-state index in [1.54, 1.807) is 42.6 Å². The zero-order chi connectivity index (χ0) is 16.7. The molecule has 1 aromatic carbocycles.